The van der Waals surface area contributed by atoms with E-state index >= 15 is 0 Å². The van der Waals surface area contributed by atoms with Gasteiger partial charge < -0.3 is 5.11 Å². The largest absolute Gasteiger partial charge is 0.393 e. The van der Waals surface area contributed by atoms with E-state index in [1.54, 1.807) is 6.92 Å². The zero-order valence-electron chi connectivity index (χ0n) is 5.17. The van der Waals surface area contributed by atoms with Crippen molar-refractivity contribution in [2.75, 3.05) is 0 Å². The van der Waals surface area contributed by atoms with E-state index in [9.17, 15) is 0 Å². The molecular weight excluding hydrogens is 100 g/mol. The third kappa shape index (κ3) is 5.70. The molecule has 0 aromatic heterocycles. The van der Waals surface area contributed by atoms with Crippen LogP contribution < -0.4 is 0 Å². The second kappa shape index (κ2) is 4.85. The molecule has 0 heterocycles. The zero-order valence-corrected chi connectivity index (χ0v) is 5.17. The summed E-state index contributed by atoms with van der Waals surface area (Å²) in [7, 11) is 0. The van der Waals surface area contributed by atoms with E-state index in [4.69, 9.17) is 12.0 Å². The number of allylic oxidation sites excluding steroid dienone is 1. The lowest BCUT2D eigenvalue weighted by Gasteiger charge is -1.94. The van der Waals surface area contributed by atoms with Gasteiger partial charge >= 0.3 is 0 Å². The Bertz CT molecular complexity index is 64.8. The summed E-state index contributed by atoms with van der Waals surface area (Å²) in [6.07, 6.45) is 4.75. The van der Waals surface area contributed by atoms with Crippen LogP contribution in [0.5, 0.6) is 0 Å². The Labute approximate surface area is 51.0 Å². The van der Waals surface area contributed by atoms with Gasteiger partial charge in [0.05, 0.1) is 6.10 Å². The van der Waals surface area contributed by atoms with Gasteiger partial charge in [-0.25, -0.2) is 0 Å². The van der Waals surface area contributed by atoms with Gasteiger partial charge in [-0.15, -0.1) is 0 Å². The highest BCUT2D eigenvalue weighted by Crippen LogP contribution is 1.91. The van der Waals surface area contributed by atoms with Crippen LogP contribution in [-0.2, 0) is 0 Å². The minimum absolute atomic E-state index is 0.238. The van der Waals surface area contributed by atoms with Crippen molar-refractivity contribution in [3.8, 4) is 0 Å². The first-order valence-electron chi connectivity index (χ1n) is 2.80. The Balaban J connectivity index is 3.03. The molecule has 0 saturated carbocycles. The highest BCUT2D eigenvalue weighted by atomic mass is 16.3. The molecule has 1 atom stereocenters. The molecule has 1 heteroatoms. The average Bonchev–Trinajstić information content (AvgIpc) is 1.66. The summed E-state index contributed by atoms with van der Waals surface area (Å²) in [5.41, 5.74) is 0. The maximum Gasteiger partial charge on any atom is 0.0546 e. The third-order valence-electron chi connectivity index (χ3n) is 0.780. The maximum absolute atomic E-state index is 8.69. The summed E-state index contributed by atoms with van der Waals surface area (Å²) in [5, 5.41) is 8.69. The highest BCUT2D eigenvalue weighted by Gasteiger charge is 1.86. The summed E-state index contributed by atoms with van der Waals surface area (Å²) >= 11 is 0. The molecule has 0 spiro atoms. The van der Waals surface area contributed by atoms with Crippen LogP contribution in [0.3, 0.4) is 0 Å². The van der Waals surface area contributed by atoms with Crippen LogP contribution in [0.15, 0.2) is 12.2 Å². The van der Waals surface area contributed by atoms with Crippen molar-refractivity contribution in [1.29, 1.82) is 0 Å². The Kier molecular flexibility index (Phi) is 4.67. The second-order valence-corrected chi connectivity index (χ2v) is 1.79. The minimum Gasteiger partial charge on any atom is -0.393 e. The SMILES string of the molecule is [CH]CC=CCC(C)O. The molecule has 46 valence electrons. The van der Waals surface area contributed by atoms with Crippen molar-refractivity contribution in [1.82, 2.24) is 0 Å². The van der Waals surface area contributed by atoms with E-state index < -0.39 is 0 Å². The number of rotatable bonds is 3. The second-order valence-electron chi connectivity index (χ2n) is 1.79. The summed E-state index contributed by atoms with van der Waals surface area (Å²) in [6, 6.07) is 0. The van der Waals surface area contributed by atoms with E-state index in [2.05, 4.69) is 0 Å². The molecule has 1 N–H and O–H groups in total. The standard InChI is InChI=1S/C7H12O/c1-3-4-5-6-7(2)8/h1,4-5,7-8H,3,6H2,2H3. The molecule has 1 unspecified atom stereocenters. The number of hydrogen-bond donors (Lipinski definition) is 1. The number of aliphatic hydroxyl groups excluding tert-OH is 1. The van der Waals surface area contributed by atoms with Crippen LogP contribution in [0.25, 0.3) is 0 Å². The van der Waals surface area contributed by atoms with Crippen molar-refractivity contribution in [2.24, 2.45) is 0 Å². The molecule has 0 aliphatic heterocycles. The first-order chi connectivity index (χ1) is 3.77. The lowest BCUT2D eigenvalue weighted by molar-refractivity contribution is 0.198. The summed E-state index contributed by atoms with van der Waals surface area (Å²) in [4.78, 5) is 0. The molecule has 2 radical (unpaired) electrons. The van der Waals surface area contributed by atoms with Gasteiger partial charge in [-0.3, -0.25) is 0 Å². The van der Waals surface area contributed by atoms with Crippen molar-refractivity contribution in [3.63, 3.8) is 0 Å². The van der Waals surface area contributed by atoms with Crippen LogP contribution >= 0.6 is 0 Å². The molecule has 0 aromatic rings. The van der Waals surface area contributed by atoms with Crippen LogP contribution in [0.1, 0.15) is 19.8 Å². The Morgan fingerprint density at radius 2 is 2.25 bits per heavy atom. The van der Waals surface area contributed by atoms with E-state index in [1.165, 1.54) is 0 Å². The van der Waals surface area contributed by atoms with Crippen LogP contribution in [0.2, 0.25) is 0 Å². The number of aliphatic hydroxyl groups is 1. The molecule has 0 aromatic carbocycles. The first-order valence-corrected chi connectivity index (χ1v) is 2.80. The molecule has 1 nitrogen and oxygen atoms in total. The molecule has 0 aliphatic rings. The van der Waals surface area contributed by atoms with Crippen molar-refractivity contribution >= 4 is 0 Å². The predicted octanol–water partition coefficient (Wildman–Crippen LogP) is 1.41. The first kappa shape index (κ1) is 7.70. The molecule has 0 bridgehead atoms. The molecule has 0 aliphatic carbocycles. The van der Waals surface area contributed by atoms with Crippen LogP contribution in [-0.4, -0.2) is 11.2 Å². The van der Waals surface area contributed by atoms with Gasteiger partial charge in [0, 0.05) is 0 Å². The quantitative estimate of drug-likeness (QED) is 0.547. The molecular formula is C7H12O. The normalized spacial score (nSPS) is 14.9. The van der Waals surface area contributed by atoms with Gasteiger partial charge in [-0.1, -0.05) is 12.2 Å². The lowest BCUT2D eigenvalue weighted by Crippen LogP contribution is -1.94. The minimum atomic E-state index is -0.238. The van der Waals surface area contributed by atoms with E-state index in [1.807, 2.05) is 12.2 Å². The Morgan fingerprint density at radius 1 is 1.62 bits per heavy atom. The molecule has 0 saturated heterocycles. The van der Waals surface area contributed by atoms with Crippen molar-refractivity contribution in [2.45, 2.75) is 25.9 Å². The molecule has 0 fully saturated rings. The van der Waals surface area contributed by atoms with Gasteiger partial charge in [0.15, 0.2) is 0 Å². The van der Waals surface area contributed by atoms with Gasteiger partial charge in [0.25, 0.3) is 0 Å². The monoisotopic (exact) mass is 112 g/mol. The number of hydrogen-bond acceptors (Lipinski definition) is 1. The van der Waals surface area contributed by atoms with E-state index in [-0.39, 0.29) is 6.10 Å². The summed E-state index contributed by atoms with van der Waals surface area (Å²) < 4.78 is 0. The van der Waals surface area contributed by atoms with E-state index in [0.717, 1.165) is 0 Å². The lowest BCUT2D eigenvalue weighted by atomic mass is 10.2. The maximum atomic E-state index is 8.69. The van der Waals surface area contributed by atoms with Crippen molar-refractivity contribution < 1.29 is 5.11 Å². The van der Waals surface area contributed by atoms with Gasteiger partial charge in [-0.05, 0) is 26.7 Å². The highest BCUT2D eigenvalue weighted by molar-refractivity contribution is 4.83. The predicted molar refractivity (Wildman–Crippen MR) is 34.4 cm³/mol. The fourth-order valence-corrected chi connectivity index (χ4v) is 0.389. The van der Waals surface area contributed by atoms with Crippen LogP contribution in [0.4, 0.5) is 0 Å². The molecule has 8 heavy (non-hydrogen) atoms. The molecule has 0 amide bonds. The average molecular weight is 112 g/mol. The fourth-order valence-electron chi connectivity index (χ4n) is 0.389. The van der Waals surface area contributed by atoms with Crippen molar-refractivity contribution in [3.05, 3.63) is 19.1 Å². The smallest absolute Gasteiger partial charge is 0.0546 e. The topological polar surface area (TPSA) is 20.2 Å². The van der Waals surface area contributed by atoms with Gasteiger partial charge in [0.2, 0.25) is 0 Å². The van der Waals surface area contributed by atoms with E-state index in [0.29, 0.717) is 12.8 Å². The molecule has 0 rings (SSSR count). The van der Waals surface area contributed by atoms with Gasteiger partial charge in [0.1, 0.15) is 0 Å². The summed E-state index contributed by atoms with van der Waals surface area (Å²) in [6.45, 7) is 6.90. The third-order valence-corrected chi connectivity index (χ3v) is 0.780. The van der Waals surface area contributed by atoms with Gasteiger partial charge in [-0.2, -0.15) is 0 Å². The van der Waals surface area contributed by atoms with Crippen LogP contribution in [0, 0.1) is 6.92 Å². The Morgan fingerprint density at radius 3 is 2.62 bits per heavy atom. The zero-order chi connectivity index (χ0) is 6.41. The summed E-state index contributed by atoms with van der Waals surface area (Å²) in [5.74, 6) is 0. The fraction of sp³-hybridized carbons (Fsp3) is 0.571. The Hall–Kier alpha value is -0.300.